The van der Waals surface area contributed by atoms with Gasteiger partial charge in [-0.2, -0.15) is 0 Å². The van der Waals surface area contributed by atoms with Gasteiger partial charge in [0, 0.05) is 0 Å². The predicted octanol–water partition coefficient (Wildman–Crippen LogP) is 9.29. The molecule has 0 aliphatic heterocycles. The first kappa shape index (κ1) is 27.6. The Morgan fingerprint density at radius 3 is 1.00 bits per heavy atom. The summed E-state index contributed by atoms with van der Waals surface area (Å²) in [5.74, 6) is 1.41. The van der Waals surface area contributed by atoms with Crippen LogP contribution in [0.4, 0.5) is 25.2 Å². The van der Waals surface area contributed by atoms with Crippen LogP contribution in [0.15, 0.2) is 0 Å². The van der Waals surface area contributed by atoms with Crippen molar-refractivity contribution in [3.8, 4) is 0 Å². The summed E-state index contributed by atoms with van der Waals surface area (Å²) in [6, 6.07) is 0. The van der Waals surface area contributed by atoms with Gasteiger partial charge in [0.2, 0.25) is 0 Å². The van der Waals surface area contributed by atoms with E-state index >= 15 is 0 Å². The fraction of sp³-hybridized carbons (Fsp3) is 1.00. The zero-order valence-corrected chi connectivity index (χ0v) is 17.6. The Labute approximate surface area is 154 Å². The molecule has 0 N–H and O–H groups in total. The molecule has 0 aromatic carbocycles. The molecule has 0 atom stereocenters. The minimum atomic E-state index is -10.7. The summed E-state index contributed by atoms with van der Waals surface area (Å²) in [7, 11) is -10.7. The fourth-order valence-corrected chi connectivity index (χ4v) is 3.00. The molecule has 25 heavy (non-hydrogen) atoms. The molecule has 0 bridgehead atoms. The van der Waals surface area contributed by atoms with E-state index in [1.807, 2.05) is 0 Å². The number of halogens is 6. The van der Waals surface area contributed by atoms with Crippen LogP contribution in [0.2, 0.25) is 0 Å². The van der Waals surface area contributed by atoms with Crippen molar-refractivity contribution in [3.63, 3.8) is 0 Å². The molecular formula is C17H37F6PS. The molecule has 0 heterocycles. The Kier molecular flexibility index (Phi) is 14.9. The molecule has 8 heteroatoms. The third-order valence-electron chi connectivity index (χ3n) is 3.74. The van der Waals surface area contributed by atoms with Crippen LogP contribution < -0.4 is 0 Å². The Morgan fingerprint density at radius 1 is 0.520 bits per heavy atom. The molecule has 0 spiro atoms. The number of thiol groups is 1. The molecule has 0 saturated heterocycles. The Hall–Kier alpha value is 0.360. The maximum absolute atomic E-state index is 10.7. The van der Waals surface area contributed by atoms with Crippen LogP contribution in [0, 0.1) is 0 Å². The molecule has 0 fully saturated rings. The Bertz CT molecular complexity index is 264. The molecule has 0 saturated carbocycles. The normalized spacial score (nSPS) is 14.4. The van der Waals surface area contributed by atoms with Crippen LogP contribution in [-0.4, -0.2) is 12.0 Å². The van der Waals surface area contributed by atoms with Crippen LogP contribution in [-0.2, 0) is 11.8 Å². The monoisotopic (exact) mass is 418 g/mol. The van der Waals surface area contributed by atoms with Crippen molar-refractivity contribution >= 4 is 19.6 Å². The van der Waals surface area contributed by atoms with E-state index < -0.39 is 7.81 Å². The summed E-state index contributed by atoms with van der Waals surface area (Å²) in [5, 5.41) is 0. The molecule has 0 aliphatic rings. The maximum atomic E-state index is 9.87. The number of rotatable bonds is 15. The van der Waals surface area contributed by atoms with E-state index in [1.54, 1.807) is 11.8 Å². The van der Waals surface area contributed by atoms with Crippen molar-refractivity contribution in [2.24, 2.45) is 0 Å². The van der Waals surface area contributed by atoms with Gasteiger partial charge in [0.25, 0.3) is 0 Å². The predicted molar refractivity (Wildman–Crippen MR) is 103 cm³/mol. The van der Waals surface area contributed by atoms with E-state index in [0.717, 1.165) is 0 Å². The van der Waals surface area contributed by atoms with Crippen LogP contribution in [0.3, 0.4) is 0 Å². The van der Waals surface area contributed by atoms with Gasteiger partial charge in [-0.25, -0.2) is 0 Å². The van der Waals surface area contributed by atoms with E-state index in [4.69, 9.17) is 0 Å². The van der Waals surface area contributed by atoms with Gasteiger partial charge in [-0.3, -0.25) is 0 Å². The van der Waals surface area contributed by atoms with Crippen molar-refractivity contribution in [1.29, 1.82) is 0 Å². The second-order valence-corrected chi connectivity index (χ2v) is 9.59. The summed E-state index contributed by atoms with van der Waals surface area (Å²) in [4.78, 5) is 0. The zero-order valence-electron chi connectivity index (χ0n) is 15.8. The summed E-state index contributed by atoms with van der Waals surface area (Å²) < 4.78 is 59.2. The Balaban J connectivity index is 0. The molecule has 0 aromatic rings. The van der Waals surface area contributed by atoms with Gasteiger partial charge in [0.15, 0.2) is 0 Å². The quantitative estimate of drug-likeness (QED) is 0.0817. The van der Waals surface area contributed by atoms with Crippen molar-refractivity contribution in [2.75, 3.05) is 12.0 Å². The first-order valence-corrected chi connectivity index (χ1v) is 13.0. The minimum absolute atomic E-state index is 1.37. The van der Waals surface area contributed by atoms with Crippen LogP contribution in [0.5, 0.6) is 0 Å². The molecule has 0 unspecified atom stereocenters. The van der Waals surface area contributed by atoms with E-state index in [9.17, 15) is 25.2 Å². The van der Waals surface area contributed by atoms with E-state index in [2.05, 4.69) is 13.2 Å². The first-order valence-electron chi connectivity index (χ1n) is 9.48. The van der Waals surface area contributed by atoms with E-state index in [0.29, 0.717) is 0 Å². The second-order valence-electron chi connectivity index (χ2n) is 6.59. The summed E-state index contributed by atoms with van der Waals surface area (Å²) in [5.41, 5.74) is 0. The molecule has 0 radical (unpaired) electrons. The summed E-state index contributed by atoms with van der Waals surface area (Å²) >= 11 is 1.58. The zero-order chi connectivity index (χ0) is 19.7. The molecule has 0 amide bonds. The number of unbranched alkanes of at least 4 members (excludes halogenated alkanes) is 13. The SMILES string of the molecule is CCCCCCCCCCCCCCCC[SH+]C.F[P-](F)(F)(F)(F)F. The van der Waals surface area contributed by atoms with Gasteiger partial charge >= 0.3 is 33.0 Å². The van der Waals surface area contributed by atoms with E-state index in [-0.39, 0.29) is 0 Å². The van der Waals surface area contributed by atoms with Crippen LogP contribution in [0.25, 0.3) is 0 Å². The summed E-state index contributed by atoms with van der Waals surface area (Å²) in [6.45, 7) is 2.29. The molecule has 0 rings (SSSR count). The second kappa shape index (κ2) is 13.5. The van der Waals surface area contributed by atoms with Crippen molar-refractivity contribution in [1.82, 2.24) is 0 Å². The van der Waals surface area contributed by atoms with Gasteiger partial charge in [-0.15, -0.1) is 0 Å². The van der Waals surface area contributed by atoms with Crippen molar-refractivity contribution in [2.45, 2.75) is 96.8 Å². The van der Waals surface area contributed by atoms with Crippen LogP contribution >= 0.6 is 7.81 Å². The van der Waals surface area contributed by atoms with Gasteiger partial charge < -0.3 is 0 Å². The standard InChI is InChI=1S/C17H36S.F6P/c1-3-4-5-6-7-8-9-10-11-12-13-14-15-16-17-18-2;1-7(2,3,4,5)6/h3-17H2,1-2H3;/q;-1/p+1. The third-order valence-corrected chi connectivity index (χ3v) is 4.50. The van der Waals surface area contributed by atoms with Crippen LogP contribution in [0.1, 0.15) is 96.8 Å². The van der Waals surface area contributed by atoms with E-state index in [1.165, 1.54) is 95.6 Å². The molecular weight excluding hydrogens is 381 g/mol. The van der Waals surface area contributed by atoms with Crippen molar-refractivity contribution < 1.29 is 25.2 Å². The average molecular weight is 419 g/mol. The molecule has 0 aromatic heterocycles. The van der Waals surface area contributed by atoms with Gasteiger partial charge in [-0.05, 0) is 24.6 Å². The summed E-state index contributed by atoms with van der Waals surface area (Å²) in [6.07, 6.45) is 22.8. The number of hydrogen-bond acceptors (Lipinski definition) is 0. The third kappa shape index (κ3) is 51.6. The first-order chi connectivity index (χ1) is 11.4. The van der Waals surface area contributed by atoms with Crippen molar-refractivity contribution in [3.05, 3.63) is 0 Å². The molecule has 0 nitrogen and oxygen atoms in total. The van der Waals surface area contributed by atoms with Gasteiger partial charge in [-0.1, -0.05) is 84.0 Å². The molecule has 158 valence electrons. The van der Waals surface area contributed by atoms with Gasteiger partial charge in [0.05, 0.1) is 6.26 Å². The average Bonchev–Trinajstić information content (AvgIpc) is 2.44. The molecule has 0 aliphatic carbocycles. The topological polar surface area (TPSA) is 0 Å². The fourth-order valence-electron chi connectivity index (χ4n) is 2.46. The Morgan fingerprint density at radius 2 is 0.760 bits per heavy atom. The van der Waals surface area contributed by atoms with Gasteiger partial charge in [0.1, 0.15) is 5.75 Å². The number of hydrogen-bond donors (Lipinski definition) is 0.